The average molecular weight is 273 g/mol. The summed E-state index contributed by atoms with van der Waals surface area (Å²) in [5.41, 5.74) is 0. The second kappa shape index (κ2) is 10.1. The van der Waals surface area contributed by atoms with Gasteiger partial charge in [-0.15, -0.1) is 0 Å². The summed E-state index contributed by atoms with van der Waals surface area (Å²) in [4.78, 5) is 0. The zero-order valence-electron chi connectivity index (χ0n) is 9.16. The van der Waals surface area contributed by atoms with Gasteiger partial charge in [0.05, 0.1) is 44.3 Å². The van der Waals surface area contributed by atoms with Crippen LogP contribution in [0.3, 0.4) is 0 Å². The Morgan fingerprint density at radius 2 is 1.41 bits per heavy atom. The van der Waals surface area contributed by atoms with Gasteiger partial charge in [-0.3, -0.25) is 9.05 Å². The predicted octanol–water partition coefficient (Wildman–Crippen LogP) is 2.60. The van der Waals surface area contributed by atoms with Gasteiger partial charge in [0.15, 0.2) is 0 Å². The maximum Gasteiger partial charge on any atom is 0.389 e. The molecule has 0 N–H and O–H groups in total. The van der Waals surface area contributed by atoms with Gasteiger partial charge in [-0.25, -0.2) is 4.57 Å². The molecule has 92 valence electrons. The van der Waals surface area contributed by atoms with Crippen LogP contribution in [-0.4, -0.2) is 19.0 Å². The minimum atomic E-state index is -3.35. The molecule has 0 amide bonds. The van der Waals surface area contributed by atoms with Crippen molar-refractivity contribution >= 4 is 18.2 Å². The van der Waals surface area contributed by atoms with Gasteiger partial charge < -0.3 is 0 Å². The van der Waals surface area contributed by atoms with Crippen LogP contribution in [0, 0.1) is 34.0 Å². The van der Waals surface area contributed by atoms with Crippen LogP contribution in [-0.2, 0) is 13.6 Å². The lowest BCUT2D eigenvalue weighted by Gasteiger charge is -2.15. The zero-order valence-corrected chi connectivity index (χ0v) is 10.9. The van der Waals surface area contributed by atoms with Crippen LogP contribution in [0.2, 0.25) is 0 Å². The molecule has 6 nitrogen and oxygen atoms in total. The van der Waals surface area contributed by atoms with Gasteiger partial charge in [-0.05, 0) is 11.4 Å². The number of hydrogen-bond acceptors (Lipinski definition) is 7. The number of hydrogen-bond donors (Lipinski definition) is 0. The second-order valence-electron chi connectivity index (χ2n) is 2.67. The molecule has 0 saturated carbocycles. The molecule has 0 aromatic heterocycles. The van der Waals surface area contributed by atoms with E-state index in [1.807, 2.05) is 18.2 Å². The van der Waals surface area contributed by atoms with Crippen molar-refractivity contribution in [2.24, 2.45) is 0 Å². The van der Waals surface area contributed by atoms with E-state index in [9.17, 15) is 4.57 Å². The van der Waals surface area contributed by atoms with E-state index in [0.717, 1.165) is 11.4 Å². The van der Waals surface area contributed by atoms with Crippen molar-refractivity contribution in [3.8, 4) is 18.2 Å². The largest absolute Gasteiger partial charge is 0.389 e. The van der Waals surface area contributed by atoms with Crippen LogP contribution < -0.4 is 0 Å². The fourth-order valence-electron chi connectivity index (χ4n) is 0.721. The molecule has 0 aromatic rings. The van der Waals surface area contributed by atoms with E-state index in [1.54, 1.807) is 0 Å². The summed E-state index contributed by atoms with van der Waals surface area (Å²) in [6.07, 6.45) is 0.465. The Labute approximate surface area is 104 Å². The summed E-state index contributed by atoms with van der Waals surface area (Å²) in [6.45, 7) is -3.32. The van der Waals surface area contributed by atoms with Gasteiger partial charge in [-0.2, -0.15) is 15.8 Å². The molecule has 0 fully saturated rings. The molecule has 0 unspecified atom stereocenters. The highest BCUT2D eigenvalue weighted by atomic mass is 32.7. The molecule has 0 aliphatic carbocycles. The fraction of sp³-hybridized carbons (Fsp3) is 0.667. The maximum atomic E-state index is 12.0. The molecule has 0 spiro atoms. The predicted molar refractivity (Wildman–Crippen MR) is 62.7 cm³/mol. The topological polar surface area (TPSA) is 107 Å². The zero-order chi connectivity index (χ0) is 13.0. The summed E-state index contributed by atoms with van der Waals surface area (Å²) in [5, 5.41) is 25.0. The molecule has 0 rings (SSSR count). The quantitative estimate of drug-likeness (QED) is 0.469. The van der Waals surface area contributed by atoms with Gasteiger partial charge in [0.25, 0.3) is 0 Å². The SMILES string of the molecule is N#CCCOP(=O)(OCCC#N)SCCC#N. The standard InChI is InChI=1S/C9H12N3O3PS/c10-4-1-7-14-16(13,15-8-2-5-11)17-9-3-6-12/h1-3,7-9H2. The monoisotopic (exact) mass is 273 g/mol. The molecule has 0 aromatic carbocycles. The molecule has 0 bridgehead atoms. The van der Waals surface area contributed by atoms with E-state index in [4.69, 9.17) is 24.8 Å². The van der Waals surface area contributed by atoms with Crippen molar-refractivity contribution in [1.29, 1.82) is 15.8 Å². The molecule has 0 saturated heterocycles. The summed E-state index contributed by atoms with van der Waals surface area (Å²) in [5.74, 6) is 0.326. The Balaban J connectivity index is 4.16. The highest BCUT2D eigenvalue weighted by Gasteiger charge is 2.25. The third-order valence-corrected chi connectivity index (χ3v) is 5.22. The number of rotatable bonds is 9. The van der Waals surface area contributed by atoms with E-state index in [-0.39, 0.29) is 32.5 Å². The van der Waals surface area contributed by atoms with E-state index in [0.29, 0.717) is 5.75 Å². The number of nitrogens with zero attached hydrogens (tertiary/aromatic N) is 3. The van der Waals surface area contributed by atoms with Crippen LogP contribution in [0.4, 0.5) is 0 Å². The van der Waals surface area contributed by atoms with E-state index < -0.39 is 6.80 Å². The van der Waals surface area contributed by atoms with Gasteiger partial charge in [-0.1, -0.05) is 0 Å². The first-order chi connectivity index (χ1) is 8.18. The summed E-state index contributed by atoms with van der Waals surface area (Å²) >= 11 is 0.919. The molecule has 0 aliphatic heterocycles. The second-order valence-corrected chi connectivity index (χ2v) is 6.86. The Bertz CT molecular complexity index is 325. The van der Waals surface area contributed by atoms with Gasteiger partial charge in [0.2, 0.25) is 0 Å². The lowest BCUT2D eigenvalue weighted by molar-refractivity contribution is 0.226. The third-order valence-electron chi connectivity index (χ3n) is 1.39. The van der Waals surface area contributed by atoms with Crippen molar-refractivity contribution in [2.75, 3.05) is 19.0 Å². The van der Waals surface area contributed by atoms with E-state index in [2.05, 4.69) is 0 Å². The molecule has 0 heterocycles. The van der Waals surface area contributed by atoms with Crippen molar-refractivity contribution < 1.29 is 13.6 Å². The molecule has 0 atom stereocenters. The highest BCUT2D eigenvalue weighted by Crippen LogP contribution is 2.60. The lowest BCUT2D eigenvalue weighted by atomic mass is 10.5. The van der Waals surface area contributed by atoms with Crippen LogP contribution in [0.15, 0.2) is 0 Å². The van der Waals surface area contributed by atoms with Crippen LogP contribution >= 0.6 is 18.2 Å². The smallest absolute Gasteiger partial charge is 0.300 e. The molecule has 8 heteroatoms. The molecular formula is C9H12N3O3PS. The molecule has 0 radical (unpaired) electrons. The Kier molecular flexibility index (Phi) is 9.53. The summed E-state index contributed by atoms with van der Waals surface area (Å²) in [7, 11) is 0. The minimum Gasteiger partial charge on any atom is -0.300 e. The van der Waals surface area contributed by atoms with Gasteiger partial charge >= 0.3 is 6.80 Å². The highest BCUT2D eigenvalue weighted by molar-refractivity contribution is 8.55. The fourth-order valence-corrected chi connectivity index (χ4v) is 3.82. The van der Waals surface area contributed by atoms with Crippen molar-refractivity contribution in [2.45, 2.75) is 19.3 Å². The maximum absolute atomic E-state index is 12.0. The first-order valence-corrected chi connectivity index (χ1v) is 7.96. The first kappa shape index (κ1) is 16.0. The minimum absolute atomic E-state index is 0.0138. The molecular weight excluding hydrogens is 261 g/mol. The van der Waals surface area contributed by atoms with Crippen LogP contribution in [0.1, 0.15) is 19.3 Å². The molecule has 17 heavy (non-hydrogen) atoms. The summed E-state index contributed by atoms with van der Waals surface area (Å²) in [6, 6.07) is 5.64. The van der Waals surface area contributed by atoms with Crippen molar-refractivity contribution in [3.63, 3.8) is 0 Å². The Morgan fingerprint density at radius 1 is 0.941 bits per heavy atom. The third kappa shape index (κ3) is 8.74. The Hall–Kier alpha value is -1.03. The van der Waals surface area contributed by atoms with E-state index in [1.165, 1.54) is 0 Å². The van der Waals surface area contributed by atoms with Crippen molar-refractivity contribution in [1.82, 2.24) is 0 Å². The lowest BCUT2D eigenvalue weighted by Crippen LogP contribution is -1.97. The number of nitriles is 3. The first-order valence-electron chi connectivity index (χ1n) is 4.83. The normalized spacial score (nSPS) is 10.2. The summed E-state index contributed by atoms with van der Waals surface area (Å²) < 4.78 is 22.1. The molecule has 0 aliphatic rings. The average Bonchev–Trinajstić information content (AvgIpc) is 2.30. The van der Waals surface area contributed by atoms with Crippen LogP contribution in [0.25, 0.3) is 0 Å². The van der Waals surface area contributed by atoms with Crippen LogP contribution in [0.5, 0.6) is 0 Å². The van der Waals surface area contributed by atoms with Crippen molar-refractivity contribution in [3.05, 3.63) is 0 Å². The van der Waals surface area contributed by atoms with E-state index >= 15 is 0 Å². The van der Waals surface area contributed by atoms with Gasteiger partial charge in [0, 0.05) is 12.2 Å². The van der Waals surface area contributed by atoms with Gasteiger partial charge in [0.1, 0.15) is 0 Å². The Morgan fingerprint density at radius 3 is 1.82 bits per heavy atom.